The van der Waals surface area contributed by atoms with Gasteiger partial charge in [-0.05, 0) is 37.0 Å². The van der Waals surface area contributed by atoms with E-state index in [1.807, 2.05) is 31.4 Å². The molecular formula is C19H22N4OS. The molecule has 25 heavy (non-hydrogen) atoms. The average Bonchev–Trinajstić information content (AvgIpc) is 2.69. The number of likely N-dealkylation sites (N-methyl/N-ethyl adjacent to an activating group) is 1. The molecule has 0 amide bonds. The van der Waals surface area contributed by atoms with Gasteiger partial charge in [-0.3, -0.25) is 9.97 Å². The third-order valence-corrected chi connectivity index (χ3v) is 5.16. The highest BCUT2D eigenvalue weighted by Crippen LogP contribution is 2.38. The summed E-state index contributed by atoms with van der Waals surface area (Å²) in [4.78, 5) is 14.8. The lowest BCUT2D eigenvalue weighted by Gasteiger charge is -2.38. The quantitative estimate of drug-likeness (QED) is 0.659. The van der Waals surface area contributed by atoms with Gasteiger partial charge in [0.1, 0.15) is 6.61 Å². The van der Waals surface area contributed by atoms with Gasteiger partial charge in [-0.2, -0.15) is 0 Å². The summed E-state index contributed by atoms with van der Waals surface area (Å²) in [6.07, 6.45) is 11.1. The predicted octanol–water partition coefficient (Wildman–Crippen LogP) is 3.41. The first-order valence-electron chi connectivity index (χ1n) is 8.48. The number of rotatable bonds is 5. The molecule has 3 rings (SSSR count). The monoisotopic (exact) mass is 354 g/mol. The molecule has 2 aromatic heterocycles. The molecule has 0 spiro atoms. The molecule has 5 nitrogen and oxygen atoms in total. The predicted molar refractivity (Wildman–Crippen MR) is 103 cm³/mol. The minimum absolute atomic E-state index is 0.396. The van der Waals surface area contributed by atoms with Gasteiger partial charge in [0.05, 0.1) is 16.1 Å². The molecule has 2 heterocycles. The minimum Gasteiger partial charge on any atom is -0.391 e. The first-order chi connectivity index (χ1) is 12.3. The van der Waals surface area contributed by atoms with E-state index in [0.29, 0.717) is 6.61 Å². The van der Waals surface area contributed by atoms with Crippen LogP contribution in [0, 0.1) is 0 Å². The summed E-state index contributed by atoms with van der Waals surface area (Å²) in [5, 5.41) is 7.68. The van der Waals surface area contributed by atoms with E-state index in [4.69, 9.17) is 17.1 Å². The van der Waals surface area contributed by atoms with Crippen LogP contribution < -0.4 is 5.32 Å². The van der Waals surface area contributed by atoms with E-state index in [-0.39, 0.29) is 0 Å². The number of aromatic nitrogens is 2. The van der Waals surface area contributed by atoms with Crippen LogP contribution in [0.5, 0.6) is 0 Å². The van der Waals surface area contributed by atoms with Crippen LogP contribution in [0.3, 0.4) is 0 Å². The van der Waals surface area contributed by atoms with Gasteiger partial charge in [-0.1, -0.05) is 35.9 Å². The summed E-state index contributed by atoms with van der Waals surface area (Å²) in [5.41, 5.74) is 2.59. The molecule has 6 heteroatoms. The maximum Gasteiger partial charge on any atom is 0.143 e. The molecule has 1 saturated carbocycles. The zero-order valence-corrected chi connectivity index (χ0v) is 15.1. The topological polar surface area (TPSA) is 59.4 Å². The fourth-order valence-electron chi connectivity index (χ4n) is 3.35. The molecule has 1 aliphatic rings. The molecule has 1 aliphatic carbocycles. The molecule has 1 fully saturated rings. The van der Waals surface area contributed by atoms with Crippen molar-refractivity contribution in [3.05, 3.63) is 60.2 Å². The van der Waals surface area contributed by atoms with Gasteiger partial charge >= 0.3 is 0 Å². The van der Waals surface area contributed by atoms with Gasteiger partial charge in [0.2, 0.25) is 0 Å². The zero-order valence-electron chi connectivity index (χ0n) is 14.3. The molecule has 1 atom stereocenters. The second-order valence-electron chi connectivity index (χ2n) is 6.11. The summed E-state index contributed by atoms with van der Waals surface area (Å²) in [6.45, 7) is 0.396. The molecule has 0 saturated heterocycles. The van der Waals surface area contributed by atoms with E-state index < -0.39 is 5.41 Å². The van der Waals surface area contributed by atoms with Gasteiger partial charge in [0.25, 0.3) is 0 Å². The summed E-state index contributed by atoms with van der Waals surface area (Å²) in [6, 6.07) is 7.87. The van der Waals surface area contributed by atoms with Crippen LogP contribution in [0.25, 0.3) is 0 Å². The number of nitrogens with zero attached hydrogens (tertiary/aromatic N) is 3. The Hall–Kier alpha value is -2.34. The van der Waals surface area contributed by atoms with E-state index >= 15 is 0 Å². The van der Waals surface area contributed by atoms with Crippen molar-refractivity contribution in [3.8, 4) is 0 Å². The second kappa shape index (κ2) is 8.16. The number of thiocarbonyl (C=S) groups is 1. The maximum atomic E-state index is 5.71. The van der Waals surface area contributed by atoms with Crippen molar-refractivity contribution < 1.29 is 4.84 Å². The lowest BCUT2D eigenvalue weighted by Crippen LogP contribution is -2.50. The van der Waals surface area contributed by atoms with Crippen molar-refractivity contribution >= 4 is 22.9 Å². The van der Waals surface area contributed by atoms with Gasteiger partial charge < -0.3 is 10.2 Å². The van der Waals surface area contributed by atoms with Gasteiger partial charge in [0, 0.05) is 37.4 Å². The maximum absolute atomic E-state index is 5.71. The molecule has 130 valence electrons. The Morgan fingerprint density at radius 1 is 1.24 bits per heavy atom. The van der Waals surface area contributed by atoms with Crippen molar-refractivity contribution in [2.75, 3.05) is 7.05 Å². The number of pyridine rings is 2. The summed E-state index contributed by atoms with van der Waals surface area (Å²) in [7, 11) is 1.86. The third-order valence-electron chi connectivity index (χ3n) is 4.61. The largest absolute Gasteiger partial charge is 0.391 e. The van der Waals surface area contributed by atoms with Crippen LogP contribution in [0.1, 0.15) is 36.8 Å². The number of hydrogen-bond donors (Lipinski definition) is 1. The number of oxime groups is 1. The molecule has 0 aliphatic heterocycles. The van der Waals surface area contributed by atoms with Crippen LogP contribution in [-0.4, -0.2) is 27.7 Å². The van der Waals surface area contributed by atoms with Crippen molar-refractivity contribution in [2.24, 2.45) is 5.16 Å². The molecular weight excluding hydrogens is 332 g/mol. The van der Waals surface area contributed by atoms with Crippen LogP contribution in [-0.2, 0) is 16.9 Å². The lowest BCUT2D eigenvalue weighted by atomic mass is 9.68. The zero-order chi connectivity index (χ0) is 17.5. The summed E-state index contributed by atoms with van der Waals surface area (Å²) < 4.78 is 0. The molecule has 1 unspecified atom stereocenters. The van der Waals surface area contributed by atoms with Crippen molar-refractivity contribution in [1.82, 2.24) is 15.3 Å². The standard InChI is InChI=1S/C19H22N4OS/c1-20-18(25)19(16-7-5-11-22-13-16)9-3-2-8-17(19)23-24-14-15-6-4-10-21-12-15/h4-7,10-13H,2-3,8-9,14H2,1H3,(H,20,25)/b23-17+. The third kappa shape index (κ3) is 3.69. The first-order valence-corrected chi connectivity index (χ1v) is 8.89. The Bertz CT molecular complexity index is 736. The number of hydrogen-bond acceptors (Lipinski definition) is 5. The number of nitrogens with one attached hydrogen (secondary N) is 1. The highest BCUT2D eigenvalue weighted by Gasteiger charge is 2.44. The Balaban J connectivity index is 1.91. The van der Waals surface area contributed by atoms with Crippen molar-refractivity contribution in [1.29, 1.82) is 0 Å². The molecule has 1 N–H and O–H groups in total. The van der Waals surface area contributed by atoms with Crippen LogP contribution >= 0.6 is 12.2 Å². The Morgan fingerprint density at radius 2 is 2.04 bits per heavy atom. The first kappa shape index (κ1) is 17.5. The van der Waals surface area contributed by atoms with Gasteiger partial charge in [-0.15, -0.1) is 0 Å². The van der Waals surface area contributed by atoms with E-state index in [2.05, 4.69) is 26.5 Å². The van der Waals surface area contributed by atoms with Crippen molar-refractivity contribution in [2.45, 2.75) is 37.7 Å². The fourth-order valence-corrected chi connectivity index (χ4v) is 3.69. The smallest absolute Gasteiger partial charge is 0.143 e. The average molecular weight is 354 g/mol. The molecule has 2 aromatic rings. The fraction of sp³-hybridized carbons (Fsp3) is 0.368. The van der Waals surface area contributed by atoms with E-state index in [9.17, 15) is 0 Å². The van der Waals surface area contributed by atoms with E-state index in [0.717, 1.165) is 47.5 Å². The lowest BCUT2D eigenvalue weighted by molar-refractivity contribution is 0.127. The van der Waals surface area contributed by atoms with E-state index in [1.165, 1.54) is 0 Å². The van der Waals surface area contributed by atoms with Crippen LogP contribution in [0.4, 0.5) is 0 Å². The molecule has 0 bridgehead atoms. The second-order valence-corrected chi connectivity index (χ2v) is 6.51. The van der Waals surface area contributed by atoms with Crippen molar-refractivity contribution in [3.63, 3.8) is 0 Å². The minimum atomic E-state index is -0.439. The SMILES string of the molecule is CNC(=S)C1(c2cccnc2)CCCC/C1=N\OCc1cccnc1. The molecule has 0 aromatic carbocycles. The van der Waals surface area contributed by atoms with Crippen LogP contribution in [0.15, 0.2) is 54.2 Å². The summed E-state index contributed by atoms with van der Waals surface area (Å²) >= 11 is 5.71. The normalized spacial score (nSPS) is 21.7. The van der Waals surface area contributed by atoms with Gasteiger partial charge in [-0.25, -0.2) is 0 Å². The van der Waals surface area contributed by atoms with Crippen LogP contribution in [0.2, 0.25) is 0 Å². The summed E-state index contributed by atoms with van der Waals surface area (Å²) in [5.74, 6) is 0. The molecule has 0 radical (unpaired) electrons. The Kier molecular flexibility index (Phi) is 5.71. The highest BCUT2D eigenvalue weighted by atomic mass is 32.1. The highest BCUT2D eigenvalue weighted by molar-refractivity contribution is 7.80. The van der Waals surface area contributed by atoms with Gasteiger partial charge in [0.15, 0.2) is 0 Å². The Labute approximate surface area is 153 Å². The van der Waals surface area contributed by atoms with E-state index in [1.54, 1.807) is 18.6 Å². The Morgan fingerprint density at radius 3 is 2.72 bits per heavy atom.